The lowest BCUT2D eigenvalue weighted by Gasteiger charge is -2.31. The van der Waals surface area contributed by atoms with E-state index < -0.39 is 0 Å². The molecule has 1 aliphatic carbocycles. The van der Waals surface area contributed by atoms with E-state index in [1.165, 1.54) is 18.4 Å². The number of benzene rings is 1. The Bertz CT molecular complexity index is 632. The molecule has 1 aromatic carbocycles. The highest BCUT2D eigenvalue weighted by Gasteiger charge is 2.28. The summed E-state index contributed by atoms with van der Waals surface area (Å²) in [6.07, 6.45) is 5.77. The molecule has 0 bridgehead atoms. The van der Waals surface area contributed by atoms with Crippen LogP contribution in [-0.4, -0.2) is 46.0 Å². The first-order valence-corrected chi connectivity index (χ1v) is 8.81. The van der Waals surface area contributed by atoms with Gasteiger partial charge in [0.1, 0.15) is 11.9 Å². The number of aromatic amines is 1. The number of aliphatic hydroxyl groups excluding tert-OH is 1. The van der Waals surface area contributed by atoms with E-state index in [9.17, 15) is 5.11 Å². The van der Waals surface area contributed by atoms with Gasteiger partial charge in [-0.1, -0.05) is 13.3 Å². The van der Waals surface area contributed by atoms with Crippen molar-refractivity contribution in [1.29, 1.82) is 0 Å². The van der Waals surface area contributed by atoms with Crippen molar-refractivity contribution in [3.05, 3.63) is 36.0 Å². The molecule has 2 N–H and O–H groups in total. The Morgan fingerprint density at radius 3 is 2.71 bits per heavy atom. The Morgan fingerprint density at radius 1 is 1.29 bits per heavy atom. The van der Waals surface area contributed by atoms with Crippen molar-refractivity contribution in [2.24, 2.45) is 0 Å². The third-order valence-electron chi connectivity index (χ3n) is 4.57. The first kappa shape index (κ1) is 17.0. The highest BCUT2D eigenvalue weighted by molar-refractivity contribution is 5.63. The maximum absolute atomic E-state index is 9.33. The Morgan fingerprint density at radius 2 is 2.04 bits per heavy atom. The molecule has 1 fully saturated rings. The maximum Gasteiger partial charge on any atom is 0.119 e. The van der Waals surface area contributed by atoms with E-state index >= 15 is 0 Å². The average molecular weight is 329 g/mol. The zero-order valence-corrected chi connectivity index (χ0v) is 14.5. The second kappa shape index (κ2) is 7.81. The van der Waals surface area contributed by atoms with Crippen molar-refractivity contribution in [3.63, 3.8) is 0 Å². The largest absolute Gasteiger partial charge is 0.490 e. The number of nitrogens with zero attached hydrogens (tertiary/aromatic N) is 2. The summed E-state index contributed by atoms with van der Waals surface area (Å²) in [5, 5.41) is 16.7. The highest BCUT2D eigenvalue weighted by atomic mass is 16.5. The van der Waals surface area contributed by atoms with Crippen LogP contribution < -0.4 is 4.74 Å². The van der Waals surface area contributed by atoms with Crippen LogP contribution in [0.15, 0.2) is 30.5 Å². The fraction of sp³-hybridized carbons (Fsp3) is 0.526. The molecule has 3 rings (SSSR count). The third kappa shape index (κ3) is 4.16. The van der Waals surface area contributed by atoms with Crippen LogP contribution in [0.1, 0.15) is 38.2 Å². The third-order valence-corrected chi connectivity index (χ3v) is 4.57. The zero-order chi connectivity index (χ0) is 16.9. The smallest absolute Gasteiger partial charge is 0.119 e. The molecule has 130 valence electrons. The number of ether oxygens (including phenoxy) is 1. The Labute approximate surface area is 143 Å². The number of rotatable bonds is 8. The quantitative estimate of drug-likeness (QED) is 0.781. The summed E-state index contributed by atoms with van der Waals surface area (Å²) in [6.45, 7) is 4.20. The van der Waals surface area contributed by atoms with E-state index in [1.54, 1.807) is 0 Å². The van der Waals surface area contributed by atoms with Gasteiger partial charge in [-0.2, -0.15) is 5.10 Å². The Hall–Kier alpha value is -1.85. The summed E-state index contributed by atoms with van der Waals surface area (Å²) in [7, 11) is 2.15. The van der Waals surface area contributed by atoms with Crippen molar-refractivity contribution < 1.29 is 9.84 Å². The van der Waals surface area contributed by atoms with E-state index in [2.05, 4.69) is 41.2 Å². The van der Waals surface area contributed by atoms with E-state index in [0.29, 0.717) is 0 Å². The second-order valence-electron chi connectivity index (χ2n) is 6.75. The summed E-state index contributed by atoms with van der Waals surface area (Å²) in [5.41, 5.74) is 3.40. The van der Waals surface area contributed by atoms with Crippen LogP contribution >= 0.6 is 0 Å². The van der Waals surface area contributed by atoms with Crippen molar-refractivity contribution >= 4 is 0 Å². The van der Waals surface area contributed by atoms with Crippen LogP contribution in [0.5, 0.6) is 5.75 Å². The summed E-state index contributed by atoms with van der Waals surface area (Å²) in [5.74, 6) is 0.858. The standard InChI is InChI=1S/C19H27N3O2/c1-3-4-9-22(2)13-15-12-20-21-19(15)14-5-7-17(8-6-14)24-18-10-16(23)11-18/h5-8,12,16,18,23H,3-4,9-11,13H2,1-2H3,(H,20,21). The van der Waals surface area contributed by atoms with Crippen LogP contribution in [-0.2, 0) is 6.54 Å². The molecule has 0 radical (unpaired) electrons. The van der Waals surface area contributed by atoms with Crippen molar-refractivity contribution in [3.8, 4) is 17.0 Å². The monoisotopic (exact) mass is 329 g/mol. The molecule has 5 nitrogen and oxygen atoms in total. The molecule has 0 aliphatic heterocycles. The van der Waals surface area contributed by atoms with Gasteiger partial charge >= 0.3 is 0 Å². The average Bonchev–Trinajstić information content (AvgIpc) is 3.00. The number of hydrogen-bond donors (Lipinski definition) is 2. The van der Waals surface area contributed by atoms with Gasteiger partial charge in [0.2, 0.25) is 0 Å². The lowest BCUT2D eigenvalue weighted by atomic mass is 9.92. The number of H-pyrrole nitrogens is 1. The predicted octanol–water partition coefficient (Wildman–Crippen LogP) is 3.21. The predicted molar refractivity (Wildman–Crippen MR) is 94.9 cm³/mol. The summed E-state index contributed by atoms with van der Waals surface area (Å²) >= 11 is 0. The number of unbranched alkanes of at least 4 members (excludes halogenated alkanes) is 1. The van der Waals surface area contributed by atoms with Crippen LogP contribution in [0.2, 0.25) is 0 Å². The topological polar surface area (TPSA) is 61.4 Å². The summed E-state index contributed by atoms with van der Waals surface area (Å²) in [4.78, 5) is 2.33. The molecular weight excluding hydrogens is 302 g/mol. The van der Waals surface area contributed by atoms with Crippen molar-refractivity contribution in [1.82, 2.24) is 15.1 Å². The van der Waals surface area contributed by atoms with Gasteiger partial charge in [-0.15, -0.1) is 0 Å². The Kier molecular flexibility index (Phi) is 5.53. The lowest BCUT2D eigenvalue weighted by Crippen LogP contribution is -2.37. The normalized spacial score (nSPS) is 20.2. The first-order chi connectivity index (χ1) is 11.7. The number of aliphatic hydroxyl groups is 1. The van der Waals surface area contributed by atoms with Gasteiger partial charge in [0, 0.05) is 30.5 Å². The van der Waals surface area contributed by atoms with Crippen LogP contribution in [0.3, 0.4) is 0 Å². The minimum atomic E-state index is -0.188. The molecule has 1 heterocycles. The zero-order valence-electron chi connectivity index (χ0n) is 14.5. The molecule has 0 unspecified atom stereocenters. The molecule has 5 heteroatoms. The van der Waals surface area contributed by atoms with Crippen molar-refractivity contribution in [2.75, 3.05) is 13.6 Å². The molecule has 1 saturated carbocycles. The number of nitrogens with one attached hydrogen (secondary N) is 1. The van der Waals surface area contributed by atoms with Crippen LogP contribution in [0.25, 0.3) is 11.3 Å². The molecule has 0 amide bonds. The van der Waals surface area contributed by atoms with Crippen molar-refractivity contribution in [2.45, 2.75) is 51.4 Å². The first-order valence-electron chi connectivity index (χ1n) is 8.81. The number of aromatic nitrogens is 2. The maximum atomic E-state index is 9.33. The minimum Gasteiger partial charge on any atom is -0.490 e. The van der Waals surface area contributed by atoms with E-state index in [1.807, 2.05) is 18.3 Å². The molecule has 1 aromatic heterocycles. The second-order valence-corrected chi connectivity index (χ2v) is 6.75. The van der Waals surface area contributed by atoms with E-state index in [-0.39, 0.29) is 12.2 Å². The lowest BCUT2D eigenvalue weighted by molar-refractivity contribution is -0.0107. The van der Waals surface area contributed by atoms with Crippen LogP contribution in [0, 0.1) is 0 Å². The van der Waals surface area contributed by atoms with Gasteiger partial charge in [0.25, 0.3) is 0 Å². The van der Waals surface area contributed by atoms with Gasteiger partial charge in [0.15, 0.2) is 0 Å². The van der Waals surface area contributed by atoms with E-state index in [0.717, 1.165) is 42.9 Å². The molecule has 2 aromatic rings. The summed E-state index contributed by atoms with van der Waals surface area (Å²) < 4.78 is 5.84. The van der Waals surface area contributed by atoms with Gasteiger partial charge in [-0.25, -0.2) is 0 Å². The van der Waals surface area contributed by atoms with Gasteiger partial charge in [-0.3, -0.25) is 5.10 Å². The molecule has 0 saturated heterocycles. The molecule has 1 aliphatic rings. The Balaban J connectivity index is 1.63. The van der Waals surface area contributed by atoms with Gasteiger partial charge in [-0.05, 0) is 44.3 Å². The fourth-order valence-electron chi connectivity index (χ4n) is 3.01. The summed E-state index contributed by atoms with van der Waals surface area (Å²) in [6, 6.07) is 8.11. The van der Waals surface area contributed by atoms with Gasteiger partial charge < -0.3 is 14.7 Å². The molecule has 24 heavy (non-hydrogen) atoms. The molecule has 0 spiro atoms. The molecular formula is C19H27N3O2. The highest BCUT2D eigenvalue weighted by Crippen LogP contribution is 2.28. The molecule has 0 atom stereocenters. The van der Waals surface area contributed by atoms with Gasteiger partial charge in [0.05, 0.1) is 18.0 Å². The fourth-order valence-corrected chi connectivity index (χ4v) is 3.01. The SMILES string of the molecule is CCCCN(C)Cc1cn[nH]c1-c1ccc(OC2CC(O)C2)cc1. The minimum absolute atomic E-state index is 0.154. The number of hydrogen-bond acceptors (Lipinski definition) is 4. The van der Waals surface area contributed by atoms with E-state index in [4.69, 9.17) is 4.74 Å². The van der Waals surface area contributed by atoms with Crippen LogP contribution in [0.4, 0.5) is 0 Å².